The van der Waals surface area contributed by atoms with Crippen molar-refractivity contribution < 1.29 is 4.79 Å². The lowest BCUT2D eigenvalue weighted by Crippen LogP contribution is -2.44. The lowest BCUT2D eigenvalue weighted by atomic mass is 9.86. The van der Waals surface area contributed by atoms with E-state index in [-0.39, 0.29) is 5.54 Å². The highest BCUT2D eigenvalue weighted by molar-refractivity contribution is 5.87. The molecule has 2 heteroatoms. The number of nitrogens with zero attached hydrogens (tertiary/aromatic N) is 1. The fraction of sp³-hybridized carbons (Fsp3) is 0.286. The molecule has 0 bridgehead atoms. The number of aldehydes is 1. The smallest absolute Gasteiger partial charge is 0.150 e. The molecule has 23 heavy (non-hydrogen) atoms. The first-order chi connectivity index (χ1) is 10.9. The number of fused-ring (bicyclic) bond motifs is 1. The van der Waals surface area contributed by atoms with Crippen molar-refractivity contribution in [1.82, 2.24) is 0 Å². The molecule has 0 fully saturated rings. The van der Waals surface area contributed by atoms with E-state index in [1.165, 1.54) is 16.8 Å². The van der Waals surface area contributed by atoms with Crippen molar-refractivity contribution in [3.63, 3.8) is 0 Å². The summed E-state index contributed by atoms with van der Waals surface area (Å²) in [6.45, 7) is 9.47. The Labute approximate surface area is 138 Å². The van der Waals surface area contributed by atoms with Gasteiger partial charge in [-0.1, -0.05) is 36.4 Å². The monoisotopic (exact) mass is 305 g/mol. The highest BCUT2D eigenvalue weighted by Crippen LogP contribution is 2.40. The zero-order chi connectivity index (χ0) is 16.6. The first-order valence-electron chi connectivity index (χ1n) is 8.03. The van der Waals surface area contributed by atoms with Gasteiger partial charge < -0.3 is 4.90 Å². The van der Waals surface area contributed by atoms with Gasteiger partial charge in [0, 0.05) is 23.4 Å². The minimum atomic E-state index is -0.0674. The fourth-order valence-corrected chi connectivity index (χ4v) is 3.43. The standard InChI is InChI=1S/C21H23NO/c1-15-10-20-19(11-18(15)14-23)16(2)12-21(3,4)22(20)13-17-8-6-5-7-9-17/h5-12,14H,13H2,1-4H3. The number of benzene rings is 2. The van der Waals surface area contributed by atoms with Crippen molar-refractivity contribution in [2.75, 3.05) is 4.90 Å². The Morgan fingerprint density at radius 2 is 1.78 bits per heavy atom. The maximum absolute atomic E-state index is 11.3. The van der Waals surface area contributed by atoms with Gasteiger partial charge in [0.05, 0.1) is 5.54 Å². The van der Waals surface area contributed by atoms with E-state index < -0.39 is 0 Å². The maximum Gasteiger partial charge on any atom is 0.150 e. The number of rotatable bonds is 3. The molecule has 3 rings (SSSR count). The third-order valence-corrected chi connectivity index (χ3v) is 4.68. The number of anilines is 1. The molecule has 1 aliphatic rings. The van der Waals surface area contributed by atoms with Crippen molar-refractivity contribution in [1.29, 1.82) is 0 Å². The normalized spacial score (nSPS) is 15.8. The van der Waals surface area contributed by atoms with Gasteiger partial charge >= 0.3 is 0 Å². The van der Waals surface area contributed by atoms with Crippen LogP contribution in [-0.4, -0.2) is 11.8 Å². The molecule has 1 aliphatic heterocycles. The highest BCUT2D eigenvalue weighted by atomic mass is 16.1. The second kappa shape index (κ2) is 5.69. The molecule has 0 aliphatic carbocycles. The summed E-state index contributed by atoms with van der Waals surface area (Å²) in [5, 5.41) is 0. The molecule has 1 heterocycles. The van der Waals surface area contributed by atoms with Gasteiger partial charge in [-0.2, -0.15) is 0 Å². The summed E-state index contributed by atoms with van der Waals surface area (Å²) in [6.07, 6.45) is 3.24. The van der Waals surface area contributed by atoms with E-state index in [9.17, 15) is 4.79 Å². The van der Waals surface area contributed by atoms with Gasteiger partial charge in [0.2, 0.25) is 0 Å². The minimum Gasteiger partial charge on any atom is -0.358 e. The van der Waals surface area contributed by atoms with Crippen molar-refractivity contribution >= 4 is 17.5 Å². The van der Waals surface area contributed by atoms with Gasteiger partial charge in [0.25, 0.3) is 0 Å². The number of carbonyl (C=O) groups is 1. The van der Waals surface area contributed by atoms with E-state index in [1.54, 1.807) is 0 Å². The predicted molar refractivity (Wildman–Crippen MR) is 96.9 cm³/mol. The summed E-state index contributed by atoms with van der Waals surface area (Å²) in [5.74, 6) is 0. The zero-order valence-electron chi connectivity index (χ0n) is 14.3. The summed E-state index contributed by atoms with van der Waals surface area (Å²) in [5.41, 5.74) is 6.63. The molecule has 2 nitrogen and oxygen atoms in total. The number of hydrogen-bond acceptors (Lipinski definition) is 2. The number of allylic oxidation sites excluding steroid dienone is 1. The largest absolute Gasteiger partial charge is 0.358 e. The SMILES string of the molecule is CC1=CC(C)(C)N(Cc2ccccc2)c2cc(C)c(C=O)cc21. The maximum atomic E-state index is 11.3. The molecule has 0 spiro atoms. The van der Waals surface area contributed by atoms with Crippen LogP contribution < -0.4 is 4.90 Å². The van der Waals surface area contributed by atoms with E-state index >= 15 is 0 Å². The summed E-state index contributed by atoms with van der Waals surface area (Å²) in [6, 6.07) is 14.7. The molecule has 0 radical (unpaired) electrons. The van der Waals surface area contributed by atoms with E-state index in [0.717, 1.165) is 29.5 Å². The molecular weight excluding hydrogens is 282 g/mol. The molecule has 0 N–H and O–H groups in total. The lowest BCUT2D eigenvalue weighted by molar-refractivity contribution is 0.112. The number of carbonyl (C=O) groups excluding carboxylic acids is 1. The molecular formula is C21H23NO. The third kappa shape index (κ3) is 2.81. The van der Waals surface area contributed by atoms with Crippen LogP contribution in [0, 0.1) is 6.92 Å². The molecule has 0 saturated heterocycles. The Hall–Kier alpha value is -2.35. The number of aryl methyl sites for hydroxylation is 1. The Balaban J connectivity index is 2.13. The average molecular weight is 305 g/mol. The van der Waals surface area contributed by atoms with E-state index in [4.69, 9.17) is 0 Å². The average Bonchev–Trinajstić information content (AvgIpc) is 2.51. The molecule has 118 valence electrons. The third-order valence-electron chi connectivity index (χ3n) is 4.68. The van der Waals surface area contributed by atoms with Crippen LogP contribution in [-0.2, 0) is 6.54 Å². The van der Waals surface area contributed by atoms with Crippen molar-refractivity contribution in [2.45, 2.75) is 39.8 Å². The van der Waals surface area contributed by atoms with Crippen LogP contribution in [0.1, 0.15) is 47.8 Å². The Bertz CT molecular complexity index is 772. The Morgan fingerprint density at radius 1 is 1.09 bits per heavy atom. The summed E-state index contributed by atoms with van der Waals surface area (Å²) in [4.78, 5) is 13.7. The first-order valence-corrected chi connectivity index (χ1v) is 8.03. The first kappa shape index (κ1) is 15.5. The van der Waals surface area contributed by atoms with Gasteiger partial charge in [0.15, 0.2) is 0 Å². The van der Waals surface area contributed by atoms with Crippen LogP contribution in [0.4, 0.5) is 5.69 Å². The van der Waals surface area contributed by atoms with Crippen LogP contribution in [0.5, 0.6) is 0 Å². The molecule has 2 aromatic rings. The Kier molecular flexibility index (Phi) is 3.85. The van der Waals surface area contributed by atoms with E-state index in [1.807, 2.05) is 19.1 Å². The van der Waals surface area contributed by atoms with Gasteiger partial charge in [-0.05, 0) is 56.5 Å². The topological polar surface area (TPSA) is 20.3 Å². The fourth-order valence-electron chi connectivity index (χ4n) is 3.43. The van der Waals surface area contributed by atoms with E-state index in [0.29, 0.717) is 0 Å². The highest BCUT2D eigenvalue weighted by Gasteiger charge is 2.31. The second-order valence-electron chi connectivity index (χ2n) is 6.90. The van der Waals surface area contributed by atoms with Crippen LogP contribution in [0.25, 0.3) is 5.57 Å². The molecule has 0 aromatic heterocycles. The molecule has 2 aromatic carbocycles. The van der Waals surface area contributed by atoms with Crippen LogP contribution in [0.3, 0.4) is 0 Å². The summed E-state index contributed by atoms with van der Waals surface area (Å²) in [7, 11) is 0. The van der Waals surface area contributed by atoms with Gasteiger partial charge in [-0.3, -0.25) is 4.79 Å². The van der Waals surface area contributed by atoms with Crippen molar-refractivity contribution in [2.24, 2.45) is 0 Å². The minimum absolute atomic E-state index is 0.0674. The summed E-state index contributed by atoms with van der Waals surface area (Å²) < 4.78 is 0. The molecule has 0 amide bonds. The summed E-state index contributed by atoms with van der Waals surface area (Å²) >= 11 is 0. The lowest BCUT2D eigenvalue weighted by Gasteiger charge is -2.43. The predicted octanol–water partition coefficient (Wildman–Crippen LogP) is 5.01. The molecule has 0 saturated carbocycles. The quantitative estimate of drug-likeness (QED) is 0.743. The van der Waals surface area contributed by atoms with Gasteiger partial charge in [-0.15, -0.1) is 0 Å². The van der Waals surface area contributed by atoms with Crippen LogP contribution in [0.15, 0.2) is 48.5 Å². The van der Waals surface area contributed by atoms with Gasteiger partial charge in [0.1, 0.15) is 6.29 Å². The second-order valence-corrected chi connectivity index (χ2v) is 6.90. The van der Waals surface area contributed by atoms with Gasteiger partial charge in [-0.25, -0.2) is 0 Å². The Morgan fingerprint density at radius 3 is 2.43 bits per heavy atom. The van der Waals surface area contributed by atoms with E-state index in [2.05, 4.69) is 62.1 Å². The molecule has 0 atom stereocenters. The van der Waals surface area contributed by atoms with Crippen LogP contribution in [0.2, 0.25) is 0 Å². The molecule has 0 unspecified atom stereocenters. The zero-order valence-corrected chi connectivity index (χ0v) is 14.3. The van der Waals surface area contributed by atoms with Crippen molar-refractivity contribution in [3.8, 4) is 0 Å². The van der Waals surface area contributed by atoms with Crippen LogP contribution >= 0.6 is 0 Å². The van der Waals surface area contributed by atoms with Crippen molar-refractivity contribution in [3.05, 3.63) is 70.8 Å². The number of hydrogen-bond donors (Lipinski definition) is 0.